The first-order chi connectivity index (χ1) is 7.24. The van der Waals surface area contributed by atoms with E-state index in [0.717, 1.165) is 32.7 Å². The summed E-state index contributed by atoms with van der Waals surface area (Å²) in [5.74, 6) is 0. The molecule has 0 spiro atoms. The second-order valence-electron chi connectivity index (χ2n) is 3.77. The van der Waals surface area contributed by atoms with Gasteiger partial charge in [-0.15, -0.1) is 0 Å². The predicted octanol–water partition coefficient (Wildman–Crippen LogP) is 0.327. The van der Waals surface area contributed by atoms with E-state index >= 15 is 0 Å². The van der Waals surface area contributed by atoms with Crippen molar-refractivity contribution >= 4 is 10.2 Å². The van der Waals surface area contributed by atoms with Gasteiger partial charge in [0.1, 0.15) is 6.29 Å². The molecule has 4 heteroatoms. The highest BCUT2D eigenvalue weighted by molar-refractivity contribution is 6.08. The molecular weight excluding hydrogens is 202 g/mol. The van der Waals surface area contributed by atoms with Crippen molar-refractivity contribution in [3.05, 3.63) is 0 Å². The Labute approximate surface area is 98.6 Å². The first kappa shape index (κ1) is 15.1. The quantitative estimate of drug-likeness (QED) is 0.456. The van der Waals surface area contributed by atoms with Crippen LogP contribution in [0.15, 0.2) is 0 Å². The maximum absolute atomic E-state index is 3.66. The van der Waals surface area contributed by atoms with Gasteiger partial charge >= 0.3 is 0 Å². The maximum Gasteiger partial charge on any atom is 0.117 e. The Bertz CT molecular complexity index is 124. The summed E-state index contributed by atoms with van der Waals surface area (Å²) in [5, 5.41) is 3.66. The van der Waals surface area contributed by atoms with Gasteiger partial charge in [0.05, 0.1) is 0 Å². The fraction of sp³-hybridized carbons (Fsp3) is 1.00. The molecule has 0 aliphatic carbocycles. The lowest BCUT2D eigenvalue weighted by Gasteiger charge is -2.38. The van der Waals surface area contributed by atoms with Crippen LogP contribution in [0.1, 0.15) is 27.7 Å². The smallest absolute Gasteiger partial charge is 0.117 e. The third kappa shape index (κ3) is 5.11. The van der Waals surface area contributed by atoms with Gasteiger partial charge in [0.15, 0.2) is 0 Å². The van der Waals surface area contributed by atoms with Gasteiger partial charge in [0, 0.05) is 10.2 Å². The number of hydrogen-bond donors (Lipinski definition) is 1. The van der Waals surface area contributed by atoms with Crippen LogP contribution in [0, 0.1) is 0 Å². The molecule has 3 nitrogen and oxygen atoms in total. The largest absolute Gasteiger partial charge is 0.290 e. The molecule has 1 N–H and O–H groups in total. The van der Waals surface area contributed by atoms with Gasteiger partial charge in [-0.1, -0.05) is 33.7 Å². The SMILES string of the molecule is CCN(CC)C(NCC[SiH3])N(CC)CC. The highest BCUT2D eigenvalue weighted by atomic mass is 28.1. The highest BCUT2D eigenvalue weighted by Gasteiger charge is 2.19. The summed E-state index contributed by atoms with van der Waals surface area (Å²) in [6.45, 7) is 14.6. The van der Waals surface area contributed by atoms with Gasteiger partial charge in [-0.05, 0) is 32.7 Å². The van der Waals surface area contributed by atoms with Crippen molar-refractivity contribution in [3.63, 3.8) is 0 Å². The summed E-state index contributed by atoms with van der Waals surface area (Å²) in [7, 11) is 1.29. The van der Waals surface area contributed by atoms with E-state index < -0.39 is 0 Å². The summed E-state index contributed by atoms with van der Waals surface area (Å²) in [4.78, 5) is 4.98. The van der Waals surface area contributed by atoms with Crippen LogP contribution in [0.4, 0.5) is 0 Å². The van der Waals surface area contributed by atoms with E-state index in [1.54, 1.807) is 0 Å². The van der Waals surface area contributed by atoms with Crippen LogP contribution in [0.3, 0.4) is 0 Å². The maximum atomic E-state index is 3.66. The second-order valence-corrected chi connectivity index (χ2v) is 4.77. The average molecular weight is 231 g/mol. The van der Waals surface area contributed by atoms with Gasteiger partial charge < -0.3 is 0 Å². The standard InChI is InChI=1S/C11H29N3Si/c1-5-13(6-2)11(12-9-10-15)14(7-3)8-4/h11-12H,5-10H2,1-4,15H3. The molecule has 0 bridgehead atoms. The van der Waals surface area contributed by atoms with E-state index in [1.807, 2.05) is 0 Å². The summed E-state index contributed by atoms with van der Waals surface area (Å²) < 4.78 is 0. The van der Waals surface area contributed by atoms with Crippen LogP contribution >= 0.6 is 0 Å². The molecule has 0 aliphatic heterocycles. The molecule has 0 aromatic carbocycles. The molecule has 15 heavy (non-hydrogen) atoms. The van der Waals surface area contributed by atoms with Crippen LogP contribution < -0.4 is 5.32 Å². The molecule has 0 aliphatic rings. The average Bonchev–Trinajstić information content (AvgIpc) is 2.28. The summed E-state index contributed by atoms with van der Waals surface area (Å²) >= 11 is 0. The third-order valence-electron chi connectivity index (χ3n) is 2.89. The van der Waals surface area contributed by atoms with E-state index in [1.165, 1.54) is 16.3 Å². The molecule has 0 rings (SSSR count). The van der Waals surface area contributed by atoms with E-state index in [0.29, 0.717) is 6.29 Å². The molecule has 0 fully saturated rings. The molecule has 0 atom stereocenters. The Morgan fingerprint density at radius 2 is 1.33 bits per heavy atom. The normalized spacial score (nSPS) is 12.2. The monoisotopic (exact) mass is 231 g/mol. The van der Waals surface area contributed by atoms with Gasteiger partial charge in [-0.3, -0.25) is 15.1 Å². The van der Waals surface area contributed by atoms with Crippen LogP contribution in [-0.4, -0.2) is 59.1 Å². The fourth-order valence-electron chi connectivity index (χ4n) is 1.90. The Balaban J connectivity index is 4.38. The van der Waals surface area contributed by atoms with Crippen molar-refractivity contribution in [1.82, 2.24) is 15.1 Å². The van der Waals surface area contributed by atoms with E-state index in [9.17, 15) is 0 Å². The minimum absolute atomic E-state index is 0.434. The lowest BCUT2D eigenvalue weighted by molar-refractivity contribution is 0.0321. The minimum atomic E-state index is 0.434. The molecule has 0 amide bonds. The molecule has 0 saturated heterocycles. The molecule has 0 radical (unpaired) electrons. The van der Waals surface area contributed by atoms with Gasteiger partial charge in [0.25, 0.3) is 0 Å². The van der Waals surface area contributed by atoms with E-state index in [-0.39, 0.29) is 0 Å². The van der Waals surface area contributed by atoms with Crippen molar-refractivity contribution in [1.29, 1.82) is 0 Å². The zero-order chi connectivity index (χ0) is 11.7. The zero-order valence-electron chi connectivity index (χ0n) is 11.2. The number of nitrogens with one attached hydrogen (secondary N) is 1. The van der Waals surface area contributed by atoms with Crippen molar-refractivity contribution < 1.29 is 0 Å². The molecule has 0 unspecified atom stereocenters. The first-order valence-electron chi connectivity index (χ1n) is 6.46. The Hall–Kier alpha value is 0.0969. The van der Waals surface area contributed by atoms with Crippen LogP contribution in [-0.2, 0) is 0 Å². The second kappa shape index (κ2) is 9.33. The van der Waals surface area contributed by atoms with Crippen molar-refractivity contribution in [2.24, 2.45) is 0 Å². The Morgan fingerprint density at radius 1 is 0.933 bits per heavy atom. The molecular formula is C11H29N3Si. The van der Waals surface area contributed by atoms with Crippen LogP contribution in [0.25, 0.3) is 0 Å². The van der Waals surface area contributed by atoms with Crippen molar-refractivity contribution in [2.45, 2.75) is 40.0 Å². The topological polar surface area (TPSA) is 18.5 Å². The molecule has 0 heterocycles. The summed E-state index contributed by atoms with van der Waals surface area (Å²) in [6, 6.07) is 1.33. The lowest BCUT2D eigenvalue weighted by atomic mass is 10.4. The van der Waals surface area contributed by atoms with Gasteiger partial charge in [-0.2, -0.15) is 0 Å². The molecule has 0 aromatic rings. The van der Waals surface area contributed by atoms with Crippen molar-refractivity contribution in [3.8, 4) is 0 Å². The lowest BCUT2D eigenvalue weighted by Crippen LogP contribution is -2.56. The minimum Gasteiger partial charge on any atom is -0.290 e. The Kier molecular flexibility index (Phi) is 9.39. The third-order valence-corrected chi connectivity index (χ3v) is 3.39. The summed E-state index contributed by atoms with van der Waals surface area (Å²) in [6.07, 6.45) is 0.434. The highest BCUT2D eigenvalue weighted by Crippen LogP contribution is 2.03. The fourth-order valence-corrected chi connectivity index (χ4v) is 2.19. The number of hydrogen-bond acceptors (Lipinski definition) is 3. The zero-order valence-corrected chi connectivity index (χ0v) is 13.2. The predicted molar refractivity (Wildman–Crippen MR) is 72.4 cm³/mol. The molecule has 0 saturated carbocycles. The number of nitrogens with zero attached hydrogens (tertiary/aromatic N) is 2. The van der Waals surface area contributed by atoms with E-state index in [2.05, 4.69) is 42.8 Å². The van der Waals surface area contributed by atoms with E-state index in [4.69, 9.17) is 0 Å². The van der Waals surface area contributed by atoms with Crippen molar-refractivity contribution in [2.75, 3.05) is 32.7 Å². The molecule has 92 valence electrons. The van der Waals surface area contributed by atoms with Gasteiger partial charge in [0.2, 0.25) is 0 Å². The first-order valence-corrected chi connectivity index (χ1v) is 7.87. The summed E-state index contributed by atoms with van der Waals surface area (Å²) in [5.41, 5.74) is 0. The van der Waals surface area contributed by atoms with Gasteiger partial charge in [-0.25, -0.2) is 0 Å². The van der Waals surface area contributed by atoms with Crippen LogP contribution in [0.2, 0.25) is 6.04 Å². The molecule has 0 aromatic heterocycles. The number of rotatable bonds is 9. The van der Waals surface area contributed by atoms with Crippen LogP contribution in [0.5, 0.6) is 0 Å². The Morgan fingerprint density at radius 3 is 1.60 bits per heavy atom.